The van der Waals surface area contributed by atoms with Crippen molar-refractivity contribution >= 4 is 0 Å². The van der Waals surface area contributed by atoms with Gasteiger partial charge in [0.1, 0.15) is 0 Å². The van der Waals surface area contributed by atoms with Crippen molar-refractivity contribution < 1.29 is 9.84 Å². The van der Waals surface area contributed by atoms with E-state index >= 15 is 0 Å². The quantitative estimate of drug-likeness (QED) is 0.622. The first-order valence-electron chi connectivity index (χ1n) is 5.45. The van der Waals surface area contributed by atoms with E-state index < -0.39 is 5.79 Å². The normalized spacial score (nSPS) is 18.2. The number of aliphatic hydroxyl groups is 1. The summed E-state index contributed by atoms with van der Waals surface area (Å²) in [5, 5.41) is 9.70. The van der Waals surface area contributed by atoms with Crippen molar-refractivity contribution in [2.24, 2.45) is 0 Å². The Morgan fingerprint density at radius 1 is 1.31 bits per heavy atom. The molecule has 0 aromatic heterocycles. The molecule has 0 aromatic carbocycles. The maximum absolute atomic E-state index is 9.70. The van der Waals surface area contributed by atoms with Crippen LogP contribution in [0.2, 0.25) is 0 Å². The molecule has 0 amide bonds. The van der Waals surface area contributed by atoms with E-state index in [9.17, 15) is 5.11 Å². The second-order valence-corrected chi connectivity index (χ2v) is 3.82. The first-order chi connectivity index (χ1) is 6.05. The van der Waals surface area contributed by atoms with Gasteiger partial charge in [-0.05, 0) is 26.2 Å². The van der Waals surface area contributed by atoms with E-state index in [-0.39, 0.29) is 6.10 Å². The van der Waals surface area contributed by atoms with Crippen molar-refractivity contribution in [3.8, 4) is 0 Å². The van der Waals surface area contributed by atoms with Crippen LogP contribution in [0.1, 0.15) is 59.8 Å². The van der Waals surface area contributed by atoms with E-state index in [1.54, 1.807) is 6.92 Å². The van der Waals surface area contributed by atoms with E-state index in [2.05, 4.69) is 13.8 Å². The number of rotatable bonds is 7. The molecule has 0 saturated carbocycles. The predicted molar refractivity (Wildman–Crippen MR) is 55.6 cm³/mol. The third-order valence-corrected chi connectivity index (χ3v) is 2.41. The van der Waals surface area contributed by atoms with Gasteiger partial charge in [-0.25, -0.2) is 0 Å². The van der Waals surface area contributed by atoms with Gasteiger partial charge in [-0.1, -0.05) is 33.6 Å². The summed E-state index contributed by atoms with van der Waals surface area (Å²) in [6, 6.07) is 0. The molecule has 0 fully saturated rings. The van der Waals surface area contributed by atoms with Crippen molar-refractivity contribution in [1.82, 2.24) is 0 Å². The van der Waals surface area contributed by atoms with Crippen LogP contribution in [-0.2, 0) is 4.74 Å². The number of hydrogen-bond acceptors (Lipinski definition) is 2. The number of ether oxygens (including phenoxy) is 1. The first kappa shape index (κ1) is 12.9. The van der Waals surface area contributed by atoms with Gasteiger partial charge in [-0.3, -0.25) is 0 Å². The average molecular weight is 188 g/mol. The summed E-state index contributed by atoms with van der Waals surface area (Å²) >= 11 is 0. The van der Waals surface area contributed by atoms with Crippen LogP contribution in [-0.4, -0.2) is 17.0 Å². The van der Waals surface area contributed by atoms with Crippen LogP contribution in [0.4, 0.5) is 0 Å². The molecule has 13 heavy (non-hydrogen) atoms. The fourth-order valence-corrected chi connectivity index (χ4v) is 1.22. The van der Waals surface area contributed by atoms with Gasteiger partial charge in [0.25, 0.3) is 0 Å². The highest BCUT2D eigenvalue weighted by Gasteiger charge is 2.22. The van der Waals surface area contributed by atoms with Crippen LogP contribution < -0.4 is 0 Å². The lowest BCUT2D eigenvalue weighted by molar-refractivity contribution is -0.221. The second kappa shape index (κ2) is 6.39. The van der Waals surface area contributed by atoms with Gasteiger partial charge in [0.2, 0.25) is 0 Å². The molecule has 1 N–H and O–H groups in total. The minimum atomic E-state index is -0.936. The lowest BCUT2D eigenvalue weighted by Gasteiger charge is -2.28. The molecule has 0 saturated heterocycles. The van der Waals surface area contributed by atoms with Gasteiger partial charge in [0.05, 0.1) is 6.10 Å². The predicted octanol–water partition coefficient (Wildman–Crippen LogP) is 3.09. The fourth-order valence-electron chi connectivity index (χ4n) is 1.22. The highest BCUT2D eigenvalue weighted by molar-refractivity contribution is 4.63. The molecule has 0 aliphatic rings. The van der Waals surface area contributed by atoms with Crippen molar-refractivity contribution in [2.75, 3.05) is 0 Å². The Labute approximate surface area is 82.3 Å². The first-order valence-corrected chi connectivity index (χ1v) is 5.45. The summed E-state index contributed by atoms with van der Waals surface area (Å²) in [5.74, 6) is -0.936. The number of hydrogen-bond donors (Lipinski definition) is 1. The van der Waals surface area contributed by atoms with Crippen molar-refractivity contribution in [3.05, 3.63) is 0 Å². The van der Waals surface area contributed by atoms with Gasteiger partial charge in [0.15, 0.2) is 5.79 Å². The maximum Gasteiger partial charge on any atom is 0.162 e. The summed E-state index contributed by atoms with van der Waals surface area (Å²) in [4.78, 5) is 0. The molecule has 0 aliphatic carbocycles. The lowest BCUT2D eigenvalue weighted by atomic mass is 10.1. The van der Waals surface area contributed by atoms with E-state index in [1.807, 2.05) is 6.92 Å². The maximum atomic E-state index is 9.70. The van der Waals surface area contributed by atoms with Gasteiger partial charge in [0, 0.05) is 0 Å². The molecule has 0 aromatic rings. The summed E-state index contributed by atoms with van der Waals surface area (Å²) < 4.78 is 5.59. The zero-order chi connectivity index (χ0) is 10.3. The van der Waals surface area contributed by atoms with Crippen LogP contribution in [0.25, 0.3) is 0 Å². The topological polar surface area (TPSA) is 29.5 Å². The van der Waals surface area contributed by atoms with E-state index in [0.717, 1.165) is 12.8 Å². The van der Waals surface area contributed by atoms with Crippen LogP contribution >= 0.6 is 0 Å². The summed E-state index contributed by atoms with van der Waals surface area (Å²) in [7, 11) is 0. The highest BCUT2D eigenvalue weighted by atomic mass is 16.6. The van der Waals surface area contributed by atoms with E-state index in [0.29, 0.717) is 6.42 Å². The molecule has 0 heterocycles. The van der Waals surface area contributed by atoms with Gasteiger partial charge >= 0.3 is 0 Å². The third kappa shape index (κ3) is 6.05. The Morgan fingerprint density at radius 2 is 1.92 bits per heavy atom. The number of unbranched alkanes of at least 4 members (excludes halogenated alkanes) is 1. The smallest absolute Gasteiger partial charge is 0.162 e. The largest absolute Gasteiger partial charge is 0.366 e. The molecular weight excluding hydrogens is 164 g/mol. The Hall–Kier alpha value is -0.0800. The molecule has 2 atom stereocenters. The van der Waals surface area contributed by atoms with Gasteiger partial charge < -0.3 is 9.84 Å². The molecule has 2 heteroatoms. The molecule has 80 valence electrons. The SMILES string of the molecule is CCCCC(CC)OC(C)(O)CC. The van der Waals surface area contributed by atoms with Crippen molar-refractivity contribution in [2.45, 2.75) is 71.7 Å². The Kier molecular flexibility index (Phi) is 6.35. The van der Waals surface area contributed by atoms with E-state index in [4.69, 9.17) is 4.74 Å². The van der Waals surface area contributed by atoms with E-state index in [1.165, 1.54) is 12.8 Å². The van der Waals surface area contributed by atoms with Crippen molar-refractivity contribution in [3.63, 3.8) is 0 Å². The summed E-state index contributed by atoms with van der Waals surface area (Å²) in [6.45, 7) is 7.95. The lowest BCUT2D eigenvalue weighted by Crippen LogP contribution is -2.32. The Morgan fingerprint density at radius 3 is 2.31 bits per heavy atom. The molecular formula is C11H24O2. The highest BCUT2D eigenvalue weighted by Crippen LogP contribution is 2.18. The molecule has 0 radical (unpaired) electrons. The minimum Gasteiger partial charge on any atom is -0.366 e. The van der Waals surface area contributed by atoms with Crippen LogP contribution in [0, 0.1) is 0 Å². The third-order valence-electron chi connectivity index (χ3n) is 2.41. The molecule has 2 nitrogen and oxygen atoms in total. The Bertz CT molecular complexity index is 121. The van der Waals surface area contributed by atoms with Crippen LogP contribution in [0.5, 0.6) is 0 Å². The average Bonchev–Trinajstić information content (AvgIpc) is 2.12. The van der Waals surface area contributed by atoms with Gasteiger partial charge in [-0.15, -0.1) is 0 Å². The standard InChI is InChI=1S/C11H24O2/c1-5-8-9-10(6-2)13-11(4,12)7-3/h10,12H,5-9H2,1-4H3. The monoisotopic (exact) mass is 188 g/mol. The second-order valence-electron chi connectivity index (χ2n) is 3.82. The zero-order valence-corrected chi connectivity index (χ0v) is 9.47. The Balaban J connectivity index is 3.82. The minimum absolute atomic E-state index is 0.217. The van der Waals surface area contributed by atoms with Gasteiger partial charge in [-0.2, -0.15) is 0 Å². The summed E-state index contributed by atoms with van der Waals surface area (Å²) in [6.07, 6.45) is 5.27. The molecule has 0 bridgehead atoms. The zero-order valence-electron chi connectivity index (χ0n) is 9.47. The fraction of sp³-hybridized carbons (Fsp3) is 1.00. The molecule has 0 aliphatic heterocycles. The molecule has 0 spiro atoms. The molecule has 0 rings (SSSR count). The summed E-state index contributed by atoms with van der Waals surface area (Å²) in [5.41, 5.74) is 0. The van der Waals surface area contributed by atoms with Crippen LogP contribution in [0.15, 0.2) is 0 Å². The molecule has 2 unspecified atom stereocenters. The van der Waals surface area contributed by atoms with Crippen LogP contribution in [0.3, 0.4) is 0 Å². The van der Waals surface area contributed by atoms with Crippen molar-refractivity contribution in [1.29, 1.82) is 0 Å².